The molecule has 21 heavy (non-hydrogen) atoms. The second-order valence-electron chi connectivity index (χ2n) is 6.19. The molecule has 2 aliphatic carbocycles. The highest BCUT2D eigenvalue weighted by Crippen LogP contribution is 2.64. The molecule has 0 spiro atoms. The van der Waals surface area contributed by atoms with Gasteiger partial charge in [-0.05, 0) is 42.4 Å². The van der Waals surface area contributed by atoms with E-state index in [0.29, 0.717) is 17.9 Å². The Labute approximate surface area is 126 Å². The molecule has 2 aromatic rings. The lowest BCUT2D eigenvalue weighted by atomic mass is 9.85. The van der Waals surface area contributed by atoms with Crippen LogP contribution in [0.25, 0.3) is 10.9 Å². The van der Waals surface area contributed by atoms with Gasteiger partial charge >= 0.3 is 0 Å². The summed E-state index contributed by atoms with van der Waals surface area (Å²) in [5.74, 6) is 0.702. The van der Waals surface area contributed by atoms with Crippen LogP contribution < -0.4 is 5.32 Å². The van der Waals surface area contributed by atoms with Crippen molar-refractivity contribution < 1.29 is 9.90 Å². The lowest BCUT2D eigenvalue weighted by molar-refractivity contribution is -0.123. The summed E-state index contributed by atoms with van der Waals surface area (Å²) < 4.78 is 0. The van der Waals surface area contributed by atoms with Gasteiger partial charge in [-0.25, -0.2) is 0 Å². The van der Waals surface area contributed by atoms with Gasteiger partial charge in [-0.1, -0.05) is 11.6 Å². The average Bonchev–Trinajstić information content (AvgIpc) is 2.82. The number of aliphatic hydroxyl groups is 1. The van der Waals surface area contributed by atoms with Crippen molar-refractivity contribution in [3.63, 3.8) is 0 Å². The first-order valence-electron chi connectivity index (χ1n) is 7.10. The number of halogens is 1. The molecule has 0 saturated heterocycles. The first-order valence-corrected chi connectivity index (χ1v) is 7.48. The Bertz CT molecular complexity index is 730. The Morgan fingerprint density at radius 2 is 2.19 bits per heavy atom. The Morgan fingerprint density at radius 3 is 2.86 bits per heavy atom. The minimum absolute atomic E-state index is 0.0642. The van der Waals surface area contributed by atoms with E-state index >= 15 is 0 Å². The van der Waals surface area contributed by atoms with Crippen molar-refractivity contribution in [1.29, 1.82) is 0 Å². The summed E-state index contributed by atoms with van der Waals surface area (Å²) in [6.45, 7) is 0. The normalized spacial score (nSPS) is 34.0. The molecule has 1 aromatic carbocycles. The second-order valence-corrected chi connectivity index (χ2v) is 6.63. The van der Waals surface area contributed by atoms with E-state index in [1.54, 1.807) is 19.3 Å². The fourth-order valence-corrected chi connectivity index (χ4v) is 4.26. The van der Waals surface area contributed by atoms with Gasteiger partial charge in [0.15, 0.2) is 0 Å². The van der Waals surface area contributed by atoms with E-state index in [0.717, 1.165) is 16.5 Å². The van der Waals surface area contributed by atoms with Crippen molar-refractivity contribution in [3.8, 4) is 0 Å². The van der Waals surface area contributed by atoms with Crippen LogP contribution >= 0.6 is 11.6 Å². The minimum Gasteiger partial charge on any atom is -0.385 e. The zero-order chi connectivity index (χ0) is 14.8. The van der Waals surface area contributed by atoms with Gasteiger partial charge in [0.1, 0.15) is 0 Å². The Hall–Kier alpha value is -1.59. The molecule has 0 radical (unpaired) electrons. The zero-order valence-corrected chi connectivity index (χ0v) is 12.3. The summed E-state index contributed by atoms with van der Waals surface area (Å²) in [5.41, 5.74) is 0.739. The first kappa shape index (κ1) is 13.1. The Balaban J connectivity index is 1.68. The number of amides is 1. The molecule has 2 unspecified atom stereocenters. The molecule has 4 rings (SSSR count). The standard InChI is InChI=1S/C15H16ClN3O2/c1-17-14(20)13-8-4-15(21,5-9(8)13)11-2-7(16)3-12-10(11)6-18-19-12/h2-3,6,8-9,13,21H,4-5H2,1H3,(H,17,20)(H,18,19). The predicted molar refractivity (Wildman–Crippen MR) is 78.8 cm³/mol. The lowest BCUT2D eigenvalue weighted by Crippen LogP contribution is -2.29. The maximum atomic E-state index is 11.7. The van der Waals surface area contributed by atoms with Crippen molar-refractivity contribution in [2.75, 3.05) is 7.05 Å². The molecule has 0 bridgehead atoms. The lowest BCUT2D eigenvalue weighted by Gasteiger charge is -2.27. The van der Waals surface area contributed by atoms with Gasteiger partial charge in [-0.15, -0.1) is 0 Å². The van der Waals surface area contributed by atoms with Crippen LogP contribution in [-0.2, 0) is 10.4 Å². The number of aromatic amines is 1. The maximum Gasteiger partial charge on any atom is 0.223 e. The summed E-state index contributed by atoms with van der Waals surface area (Å²) >= 11 is 6.15. The summed E-state index contributed by atoms with van der Waals surface area (Å²) in [4.78, 5) is 11.7. The maximum absolute atomic E-state index is 11.7. The number of carbonyl (C=O) groups excluding carboxylic acids is 1. The molecule has 1 amide bonds. The number of H-pyrrole nitrogens is 1. The number of carbonyl (C=O) groups is 1. The van der Waals surface area contributed by atoms with Crippen LogP contribution in [0.5, 0.6) is 0 Å². The first-order chi connectivity index (χ1) is 10.0. The minimum atomic E-state index is -0.910. The number of nitrogens with zero attached hydrogens (tertiary/aromatic N) is 1. The highest BCUT2D eigenvalue weighted by atomic mass is 35.5. The average molecular weight is 306 g/mol. The summed E-state index contributed by atoms with van der Waals surface area (Å²) in [6, 6.07) is 3.62. The van der Waals surface area contributed by atoms with Gasteiger partial charge in [0, 0.05) is 23.4 Å². The van der Waals surface area contributed by atoms with E-state index in [1.807, 2.05) is 6.07 Å². The van der Waals surface area contributed by atoms with Crippen molar-refractivity contribution in [3.05, 3.63) is 28.9 Å². The van der Waals surface area contributed by atoms with Gasteiger partial charge < -0.3 is 10.4 Å². The van der Waals surface area contributed by atoms with E-state index in [2.05, 4.69) is 15.5 Å². The van der Waals surface area contributed by atoms with Crippen molar-refractivity contribution in [2.45, 2.75) is 18.4 Å². The molecule has 1 aromatic heterocycles. The van der Waals surface area contributed by atoms with Crippen molar-refractivity contribution >= 4 is 28.4 Å². The number of rotatable bonds is 2. The highest BCUT2D eigenvalue weighted by molar-refractivity contribution is 6.31. The van der Waals surface area contributed by atoms with Crippen molar-refractivity contribution in [1.82, 2.24) is 15.5 Å². The monoisotopic (exact) mass is 305 g/mol. The van der Waals surface area contributed by atoms with E-state index in [1.165, 1.54) is 0 Å². The van der Waals surface area contributed by atoms with Crippen LogP contribution in [0.1, 0.15) is 18.4 Å². The number of fused-ring (bicyclic) bond motifs is 2. The zero-order valence-electron chi connectivity index (χ0n) is 11.6. The van der Waals surface area contributed by atoms with Crippen LogP contribution in [-0.4, -0.2) is 28.3 Å². The van der Waals surface area contributed by atoms with Crippen LogP contribution in [0.15, 0.2) is 18.3 Å². The van der Waals surface area contributed by atoms with Crippen LogP contribution in [0, 0.1) is 17.8 Å². The van der Waals surface area contributed by atoms with Gasteiger partial charge in [0.2, 0.25) is 5.91 Å². The van der Waals surface area contributed by atoms with Crippen LogP contribution in [0.3, 0.4) is 0 Å². The highest BCUT2D eigenvalue weighted by Gasteiger charge is 2.64. The summed E-state index contributed by atoms with van der Waals surface area (Å²) in [6.07, 6.45) is 2.94. The molecule has 2 saturated carbocycles. The predicted octanol–water partition coefficient (Wildman–Crippen LogP) is 1.81. The molecular weight excluding hydrogens is 290 g/mol. The van der Waals surface area contributed by atoms with Gasteiger partial charge in [0.25, 0.3) is 0 Å². The summed E-state index contributed by atoms with van der Waals surface area (Å²) in [5, 5.41) is 22.2. The molecular formula is C15H16ClN3O2. The fraction of sp³-hybridized carbons (Fsp3) is 0.467. The van der Waals surface area contributed by atoms with Crippen LogP contribution in [0.4, 0.5) is 0 Å². The largest absolute Gasteiger partial charge is 0.385 e. The molecule has 110 valence electrons. The number of aromatic nitrogens is 2. The second kappa shape index (κ2) is 4.21. The van der Waals surface area contributed by atoms with E-state index < -0.39 is 5.60 Å². The van der Waals surface area contributed by atoms with E-state index in [4.69, 9.17) is 11.6 Å². The topological polar surface area (TPSA) is 78.0 Å². The third-order valence-electron chi connectivity index (χ3n) is 5.05. The van der Waals surface area contributed by atoms with E-state index in [-0.39, 0.29) is 23.7 Å². The molecule has 5 nitrogen and oxygen atoms in total. The smallest absolute Gasteiger partial charge is 0.223 e. The molecule has 0 aliphatic heterocycles. The third-order valence-corrected chi connectivity index (χ3v) is 5.27. The summed E-state index contributed by atoms with van der Waals surface area (Å²) in [7, 11) is 1.66. The van der Waals surface area contributed by atoms with Gasteiger partial charge in [-0.3, -0.25) is 9.89 Å². The Kier molecular flexibility index (Phi) is 2.63. The van der Waals surface area contributed by atoms with Gasteiger partial charge in [-0.2, -0.15) is 5.10 Å². The van der Waals surface area contributed by atoms with Crippen LogP contribution in [0.2, 0.25) is 5.02 Å². The third kappa shape index (κ3) is 1.80. The van der Waals surface area contributed by atoms with Gasteiger partial charge in [0.05, 0.1) is 17.3 Å². The number of hydrogen-bond acceptors (Lipinski definition) is 3. The molecule has 6 heteroatoms. The molecule has 2 atom stereocenters. The van der Waals surface area contributed by atoms with E-state index in [9.17, 15) is 9.90 Å². The molecule has 2 fully saturated rings. The molecule has 2 aliphatic rings. The number of nitrogens with one attached hydrogen (secondary N) is 2. The Morgan fingerprint density at radius 1 is 1.48 bits per heavy atom. The SMILES string of the molecule is CNC(=O)C1C2CC(O)(c3cc(Cl)cc4[nH]ncc34)CC21. The van der Waals surface area contributed by atoms with Crippen molar-refractivity contribution in [2.24, 2.45) is 17.8 Å². The quantitative estimate of drug-likeness (QED) is 0.792. The fourth-order valence-electron chi connectivity index (χ4n) is 4.04. The number of hydrogen-bond donors (Lipinski definition) is 3. The number of benzene rings is 1. The molecule has 3 N–H and O–H groups in total. The molecule has 1 heterocycles.